The molecule has 0 aliphatic rings. The number of hydrogen-bond acceptors (Lipinski definition) is 6. The second-order valence-electron chi connectivity index (χ2n) is 13.2. The molecule has 274 valence electrons. The first-order valence-corrected chi connectivity index (χ1v) is 19.5. The van der Waals surface area contributed by atoms with Crippen molar-refractivity contribution in [2.75, 3.05) is 0 Å². The summed E-state index contributed by atoms with van der Waals surface area (Å²) in [7, 11) is 0. The third-order valence-corrected chi connectivity index (χ3v) is 8.70. The molecule has 0 saturated carbocycles. The summed E-state index contributed by atoms with van der Waals surface area (Å²) < 4.78 is 0. The number of hydrogen-bond donors (Lipinski definition) is 2. The molecule has 0 aliphatic carbocycles. The predicted molar refractivity (Wildman–Crippen MR) is 190 cm³/mol. The summed E-state index contributed by atoms with van der Waals surface area (Å²) in [5.74, 6) is -3.68. The van der Waals surface area contributed by atoms with Crippen LogP contribution in [0.15, 0.2) is 0 Å². The Morgan fingerprint density at radius 1 is 0.354 bits per heavy atom. The maximum absolute atomic E-state index is 11.9. The summed E-state index contributed by atoms with van der Waals surface area (Å²) in [5, 5.41) is 0. The minimum Gasteiger partial charge on any atom is -1.00 e. The van der Waals surface area contributed by atoms with Crippen LogP contribution in [0.3, 0.4) is 0 Å². The summed E-state index contributed by atoms with van der Waals surface area (Å²) in [5.41, 5.74) is 3.96. The maximum Gasteiger partial charge on any atom is 1.00 e. The van der Waals surface area contributed by atoms with Gasteiger partial charge >= 0.3 is 71.1 Å². The fourth-order valence-corrected chi connectivity index (χ4v) is 5.71. The first-order chi connectivity index (χ1) is 22.5. The molecular weight excluding hydrogens is 626 g/mol. The monoisotopic (exact) mass is 701 g/mol. The number of unbranched alkanes of at least 4 members (excludes halogenated alkanes) is 28. The topological polar surface area (TPSA) is 111 Å². The fraction of sp³-hybridized carbons (Fsp3) is 0.895. The van der Waals surface area contributed by atoms with Gasteiger partial charge in [-0.15, -0.1) is 0 Å². The minimum absolute atomic E-state index is 0. The van der Waals surface area contributed by atoms with Gasteiger partial charge in [0.1, 0.15) is 0 Å². The molecule has 0 bridgehead atoms. The molecule has 8 nitrogen and oxygen atoms in total. The zero-order chi connectivity index (χ0) is 33.8. The normalized spacial score (nSPS) is 10.5. The third-order valence-electron chi connectivity index (χ3n) is 8.70. The van der Waals surface area contributed by atoms with E-state index in [1.54, 1.807) is 0 Å². The Balaban J connectivity index is -0.00000169. The van der Waals surface area contributed by atoms with Gasteiger partial charge < -0.3 is 12.5 Å². The SMILES string of the molecule is CCCCCCCCCCCCCCCCCC(=O)NOC(=O)C(=O)ONC(=O)CCCCCCCCCCCCCCCCC.[H-].[H-].[Na+].[Na+]. The molecule has 0 rings (SSSR count). The van der Waals surface area contributed by atoms with Gasteiger partial charge in [-0.2, -0.15) is 11.0 Å². The zero-order valence-corrected chi connectivity index (χ0v) is 36.1. The van der Waals surface area contributed by atoms with Crippen LogP contribution in [0.1, 0.15) is 222 Å². The standard InChI is InChI=1S/C38H72N2O6.2Na.2H/c1-3-5-7-9-11-13-15-17-19-21-23-25-27-29-31-33-35(41)39-45-37(43)38(44)46-40-36(42)34-32-30-28-26-24-22-20-18-16-14-12-10-8-6-4-2;;;;/h3-34H2,1-2H3,(H,39,41)(H,40,42);;;;/q;2*+1;2*-1. The second kappa shape index (κ2) is 43.0. The number of amides is 2. The summed E-state index contributed by atoms with van der Waals surface area (Å²) in [6, 6.07) is 0. The van der Waals surface area contributed by atoms with Crippen LogP contribution in [0.4, 0.5) is 0 Å². The number of carbonyl (C=O) groups excluding carboxylic acids is 4. The quantitative estimate of drug-likeness (QED) is 0.0448. The average molecular weight is 701 g/mol. The van der Waals surface area contributed by atoms with Crippen LogP contribution in [0, 0.1) is 0 Å². The van der Waals surface area contributed by atoms with Gasteiger partial charge in [0.25, 0.3) is 11.8 Å². The van der Waals surface area contributed by atoms with Gasteiger partial charge in [-0.25, -0.2) is 9.59 Å². The Hall–Kier alpha value is -0.120. The Morgan fingerprint density at radius 3 is 0.750 bits per heavy atom. The van der Waals surface area contributed by atoms with E-state index in [0.717, 1.165) is 25.7 Å². The van der Waals surface area contributed by atoms with E-state index < -0.39 is 23.8 Å². The van der Waals surface area contributed by atoms with E-state index >= 15 is 0 Å². The smallest absolute Gasteiger partial charge is 1.00 e. The van der Waals surface area contributed by atoms with E-state index in [0.29, 0.717) is 12.8 Å². The minimum atomic E-state index is -1.38. The molecule has 0 aromatic carbocycles. The molecule has 10 heteroatoms. The van der Waals surface area contributed by atoms with Crippen LogP contribution in [0.2, 0.25) is 0 Å². The van der Waals surface area contributed by atoms with Crippen LogP contribution >= 0.6 is 0 Å². The van der Waals surface area contributed by atoms with Crippen LogP contribution < -0.4 is 70.1 Å². The largest absolute Gasteiger partial charge is 1.00 e. The number of hydroxylamine groups is 2. The van der Waals surface area contributed by atoms with E-state index in [1.165, 1.54) is 154 Å². The number of nitrogens with one attached hydrogen (secondary N) is 2. The predicted octanol–water partition coefficient (Wildman–Crippen LogP) is 4.89. The van der Waals surface area contributed by atoms with Crippen LogP contribution in [0.5, 0.6) is 0 Å². The van der Waals surface area contributed by atoms with Crippen molar-refractivity contribution in [1.29, 1.82) is 0 Å². The van der Waals surface area contributed by atoms with Crippen molar-refractivity contribution >= 4 is 23.8 Å². The van der Waals surface area contributed by atoms with Gasteiger partial charge in [-0.1, -0.05) is 194 Å². The fourth-order valence-electron chi connectivity index (χ4n) is 5.71. The van der Waals surface area contributed by atoms with Crippen LogP contribution in [0.25, 0.3) is 0 Å². The van der Waals surface area contributed by atoms with Gasteiger partial charge in [-0.05, 0) is 12.8 Å². The molecule has 0 unspecified atom stereocenters. The molecule has 0 atom stereocenters. The molecule has 0 spiro atoms. The Kier molecular flexibility index (Phi) is 46.8. The second-order valence-corrected chi connectivity index (χ2v) is 13.2. The Morgan fingerprint density at radius 2 is 0.542 bits per heavy atom. The Labute approximate surface area is 342 Å². The summed E-state index contributed by atoms with van der Waals surface area (Å²) in [4.78, 5) is 56.2. The van der Waals surface area contributed by atoms with Gasteiger partial charge in [-0.3, -0.25) is 9.59 Å². The van der Waals surface area contributed by atoms with Gasteiger partial charge in [0, 0.05) is 12.8 Å². The first kappa shape index (κ1) is 52.2. The molecule has 0 radical (unpaired) electrons. The van der Waals surface area contributed by atoms with E-state index in [4.69, 9.17) is 0 Å². The van der Waals surface area contributed by atoms with Gasteiger partial charge in [0.05, 0.1) is 0 Å². The number of rotatable bonds is 32. The zero-order valence-electron chi connectivity index (χ0n) is 34.1. The summed E-state index contributed by atoms with van der Waals surface area (Å²) in [6.45, 7) is 4.51. The van der Waals surface area contributed by atoms with Crippen molar-refractivity contribution in [2.45, 2.75) is 219 Å². The molecule has 48 heavy (non-hydrogen) atoms. The van der Waals surface area contributed by atoms with E-state index in [-0.39, 0.29) is 74.8 Å². The maximum atomic E-state index is 11.9. The molecule has 2 amide bonds. The van der Waals surface area contributed by atoms with Crippen LogP contribution in [-0.4, -0.2) is 23.8 Å². The van der Waals surface area contributed by atoms with Crippen molar-refractivity contribution in [1.82, 2.24) is 11.0 Å². The molecular formula is C38H74N2Na2O6. The van der Waals surface area contributed by atoms with Crippen molar-refractivity contribution in [3.05, 3.63) is 0 Å². The van der Waals surface area contributed by atoms with E-state index in [9.17, 15) is 19.2 Å². The molecule has 0 aromatic rings. The average Bonchev–Trinajstić information content (AvgIpc) is 3.05. The van der Waals surface area contributed by atoms with Gasteiger partial charge in [0.2, 0.25) is 0 Å². The van der Waals surface area contributed by atoms with Crippen LogP contribution in [-0.2, 0) is 28.9 Å². The summed E-state index contributed by atoms with van der Waals surface area (Å²) in [6.07, 6.45) is 37.7. The molecule has 2 N–H and O–H groups in total. The third kappa shape index (κ3) is 40.3. The molecule has 0 fully saturated rings. The van der Waals surface area contributed by atoms with Crippen molar-refractivity contribution < 1.29 is 90.8 Å². The van der Waals surface area contributed by atoms with Gasteiger partial charge in [0.15, 0.2) is 0 Å². The molecule has 0 aliphatic heterocycles. The van der Waals surface area contributed by atoms with E-state index in [2.05, 4.69) is 23.5 Å². The summed E-state index contributed by atoms with van der Waals surface area (Å²) >= 11 is 0. The molecule has 0 saturated heterocycles. The van der Waals surface area contributed by atoms with Crippen molar-refractivity contribution in [3.8, 4) is 0 Å². The molecule has 0 heterocycles. The Bertz CT molecular complexity index is 694. The van der Waals surface area contributed by atoms with E-state index in [1.807, 2.05) is 11.0 Å². The van der Waals surface area contributed by atoms with Crippen molar-refractivity contribution in [3.63, 3.8) is 0 Å². The molecule has 0 aromatic heterocycles. The van der Waals surface area contributed by atoms with Crippen molar-refractivity contribution in [2.24, 2.45) is 0 Å². The first-order valence-electron chi connectivity index (χ1n) is 19.5. The number of carbonyl (C=O) groups is 4.